The molecule has 0 bridgehead atoms. The van der Waals surface area contributed by atoms with Crippen molar-refractivity contribution in [3.05, 3.63) is 12.2 Å². The third kappa shape index (κ3) is 20.6. The Balaban J connectivity index is 4.53. The summed E-state index contributed by atoms with van der Waals surface area (Å²) in [5.74, 6) is 0. The van der Waals surface area contributed by atoms with E-state index in [1.54, 1.807) is 26.8 Å². The summed E-state index contributed by atoms with van der Waals surface area (Å²) in [5, 5.41) is 13.7. The summed E-state index contributed by atoms with van der Waals surface area (Å²) < 4.78 is 33.2. The number of nitrogens with one attached hydrogen (secondary N) is 1. The van der Waals surface area contributed by atoms with E-state index in [9.17, 15) is 14.5 Å². The van der Waals surface area contributed by atoms with E-state index in [-0.39, 0.29) is 13.2 Å². The first-order chi connectivity index (χ1) is 17.1. The van der Waals surface area contributed by atoms with Gasteiger partial charge in [-0.1, -0.05) is 99.2 Å². The molecule has 2 N–H and O–H groups in total. The highest BCUT2D eigenvalue weighted by atomic mass is 79.9. The van der Waals surface area contributed by atoms with Gasteiger partial charge in [0.2, 0.25) is 0 Å². The third-order valence-corrected chi connectivity index (χ3v) is 7.12. The van der Waals surface area contributed by atoms with Crippen molar-refractivity contribution in [1.82, 2.24) is 5.32 Å². The third-order valence-electron chi connectivity index (χ3n) is 5.38. The molecule has 8 nitrogen and oxygen atoms in total. The summed E-state index contributed by atoms with van der Waals surface area (Å²) in [5.41, 5.74) is -0.702. The van der Waals surface area contributed by atoms with Gasteiger partial charge in [0.15, 0.2) is 0 Å². The molecule has 0 heterocycles. The molecule has 10 heteroatoms. The first-order valence-electron chi connectivity index (χ1n) is 13.4. The van der Waals surface area contributed by atoms with Crippen LogP contribution in [0.15, 0.2) is 12.2 Å². The lowest BCUT2D eigenvalue weighted by Crippen LogP contribution is -2.47. The van der Waals surface area contributed by atoms with Crippen LogP contribution in [0.1, 0.15) is 105 Å². The maximum Gasteiger partial charge on any atom is 0.474 e. The monoisotopic (exact) mass is 599 g/mol. The van der Waals surface area contributed by atoms with Crippen molar-refractivity contribution >= 4 is 29.8 Å². The normalized spacial score (nSPS) is 15.5. The number of hydrogen-bond donors (Lipinski definition) is 2. The average molecular weight is 601 g/mol. The first kappa shape index (κ1) is 35.6. The number of phosphoric ester groups is 1. The fourth-order valence-electron chi connectivity index (χ4n) is 3.44. The van der Waals surface area contributed by atoms with Gasteiger partial charge in [-0.3, -0.25) is 13.6 Å². The summed E-state index contributed by atoms with van der Waals surface area (Å²) in [4.78, 5) is 12.3. The van der Waals surface area contributed by atoms with Crippen LogP contribution in [0.2, 0.25) is 0 Å². The number of aliphatic hydroxyl groups is 1. The summed E-state index contributed by atoms with van der Waals surface area (Å²) in [6.45, 7) is 7.32. The molecule has 0 rings (SSSR count). The van der Waals surface area contributed by atoms with Gasteiger partial charge in [0.1, 0.15) is 5.60 Å². The summed E-state index contributed by atoms with van der Waals surface area (Å²) >= 11 is 3.19. The zero-order valence-electron chi connectivity index (χ0n) is 23.1. The van der Waals surface area contributed by atoms with E-state index >= 15 is 0 Å². The highest BCUT2D eigenvalue weighted by Gasteiger charge is 2.30. The predicted octanol–water partition coefficient (Wildman–Crippen LogP) is 7.68. The highest BCUT2D eigenvalue weighted by Crippen LogP contribution is 2.48. The number of aliphatic hydroxyl groups excluding tert-OH is 1. The van der Waals surface area contributed by atoms with Crippen LogP contribution in [-0.4, -0.2) is 54.6 Å². The Labute approximate surface area is 228 Å². The maximum absolute atomic E-state index is 12.5. The SMILES string of the molecule is CCCCCCCCCCCCC/C=C/C(O)C(COP(=O)(OC)OCCBr)NC(=O)OC(C)(C)C. The zero-order valence-corrected chi connectivity index (χ0v) is 25.6. The minimum Gasteiger partial charge on any atom is -0.444 e. The van der Waals surface area contributed by atoms with E-state index in [0.29, 0.717) is 5.33 Å². The molecule has 0 fully saturated rings. The molecule has 214 valence electrons. The largest absolute Gasteiger partial charge is 0.474 e. The number of unbranched alkanes of at least 4 members (excludes halogenated alkanes) is 11. The van der Waals surface area contributed by atoms with E-state index in [2.05, 4.69) is 28.2 Å². The summed E-state index contributed by atoms with van der Waals surface area (Å²) in [7, 11) is -2.59. The van der Waals surface area contributed by atoms with Crippen LogP contribution in [0.5, 0.6) is 0 Å². The van der Waals surface area contributed by atoms with Gasteiger partial charge in [-0.25, -0.2) is 9.36 Å². The summed E-state index contributed by atoms with van der Waals surface area (Å²) in [6, 6.07) is -0.899. The van der Waals surface area contributed by atoms with Crippen LogP contribution in [0.3, 0.4) is 0 Å². The van der Waals surface area contributed by atoms with E-state index in [0.717, 1.165) is 19.3 Å². The van der Waals surface area contributed by atoms with Crippen molar-refractivity contribution in [3.8, 4) is 0 Å². The molecule has 0 saturated heterocycles. The maximum atomic E-state index is 12.5. The van der Waals surface area contributed by atoms with Gasteiger partial charge in [0, 0.05) is 12.4 Å². The van der Waals surface area contributed by atoms with E-state index in [4.69, 9.17) is 18.3 Å². The van der Waals surface area contributed by atoms with E-state index in [1.165, 1.54) is 64.9 Å². The Morgan fingerprint density at radius 3 is 2.06 bits per heavy atom. The van der Waals surface area contributed by atoms with Gasteiger partial charge in [-0.2, -0.15) is 0 Å². The predicted molar refractivity (Wildman–Crippen MR) is 150 cm³/mol. The van der Waals surface area contributed by atoms with Gasteiger partial charge in [-0.05, 0) is 33.6 Å². The van der Waals surface area contributed by atoms with Crippen LogP contribution in [0, 0.1) is 0 Å². The number of halogens is 1. The van der Waals surface area contributed by atoms with Gasteiger partial charge in [-0.15, -0.1) is 0 Å². The fraction of sp³-hybridized carbons (Fsp3) is 0.885. The molecule has 0 aromatic carbocycles. The first-order valence-corrected chi connectivity index (χ1v) is 16.0. The van der Waals surface area contributed by atoms with Crippen molar-refractivity contribution < 1.29 is 32.8 Å². The van der Waals surface area contributed by atoms with Gasteiger partial charge in [0.25, 0.3) is 0 Å². The number of amides is 1. The van der Waals surface area contributed by atoms with Gasteiger partial charge >= 0.3 is 13.9 Å². The number of phosphoric acid groups is 1. The Morgan fingerprint density at radius 1 is 1.00 bits per heavy atom. The van der Waals surface area contributed by atoms with Crippen molar-refractivity contribution in [2.45, 2.75) is 122 Å². The average Bonchev–Trinajstić information content (AvgIpc) is 2.82. The molecule has 0 aromatic heterocycles. The number of allylic oxidation sites excluding steroid dienone is 1. The van der Waals surface area contributed by atoms with Crippen LogP contribution < -0.4 is 5.32 Å². The van der Waals surface area contributed by atoms with E-state index in [1.807, 2.05) is 6.08 Å². The number of rotatable bonds is 22. The molecule has 0 spiro atoms. The second-order valence-corrected chi connectivity index (χ2v) is 12.5. The smallest absolute Gasteiger partial charge is 0.444 e. The molecule has 0 saturated carbocycles. The molecular formula is C26H51BrNO7P. The van der Waals surface area contributed by atoms with Crippen LogP contribution in [0.4, 0.5) is 4.79 Å². The van der Waals surface area contributed by atoms with E-state index < -0.39 is 31.7 Å². The Bertz CT molecular complexity index is 628. The number of ether oxygens (including phenoxy) is 1. The molecular weight excluding hydrogens is 549 g/mol. The number of hydrogen-bond acceptors (Lipinski definition) is 7. The Morgan fingerprint density at radius 2 is 1.56 bits per heavy atom. The Hall–Kier alpha value is -0.440. The minimum atomic E-state index is -3.81. The molecule has 36 heavy (non-hydrogen) atoms. The molecule has 3 atom stereocenters. The molecule has 3 unspecified atom stereocenters. The molecule has 0 aliphatic heterocycles. The summed E-state index contributed by atoms with van der Waals surface area (Å²) in [6.07, 6.45) is 16.7. The van der Waals surface area contributed by atoms with Crippen molar-refractivity contribution in [1.29, 1.82) is 0 Å². The standard InChI is InChI=1S/C26H51BrNO7P/c1-6-7-8-9-10-11-12-13-14-15-16-17-18-19-24(29)23(28-25(30)35-26(2,3)4)22-34-36(31,32-5)33-21-20-27/h18-19,23-24,29H,6-17,20-22H2,1-5H3,(H,28,30)/b19-18+. The molecule has 1 amide bonds. The molecule has 0 radical (unpaired) electrons. The Kier molecular flexibility index (Phi) is 21.2. The second kappa shape index (κ2) is 21.5. The van der Waals surface area contributed by atoms with Gasteiger partial charge in [0.05, 0.1) is 25.4 Å². The van der Waals surface area contributed by atoms with Crippen LogP contribution in [0.25, 0.3) is 0 Å². The van der Waals surface area contributed by atoms with Crippen molar-refractivity contribution in [2.75, 3.05) is 25.7 Å². The second-order valence-electron chi connectivity index (χ2n) is 9.94. The fourth-order valence-corrected chi connectivity index (χ4v) is 4.80. The molecule has 0 aliphatic carbocycles. The van der Waals surface area contributed by atoms with Crippen LogP contribution in [-0.2, 0) is 22.9 Å². The highest BCUT2D eigenvalue weighted by molar-refractivity contribution is 9.09. The van der Waals surface area contributed by atoms with Crippen molar-refractivity contribution in [2.24, 2.45) is 0 Å². The number of carbonyl (C=O) groups excluding carboxylic acids is 1. The number of alkyl carbamates (subject to hydrolysis) is 1. The number of alkyl halides is 1. The van der Waals surface area contributed by atoms with Crippen molar-refractivity contribution in [3.63, 3.8) is 0 Å². The minimum absolute atomic E-state index is 0.122. The lowest BCUT2D eigenvalue weighted by atomic mass is 10.0. The topological polar surface area (TPSA) is 103 Å². The van der Waals surface area contributed by atoms with Gasteiger partial charge < -0.3 is 15.2 Å². The quantitative estimate of drug-likeness (QED) is 0.0569. The zero-order chi connectivity index (χ0) is 27.3. The van der Waals surface area contributed by atoms with Crippen LogP contribution >= 0.6 is 23.8 Å². The molecule has 0 aromatic rings. The lowest BCUT2D eigenvalue weighted by Gasteiger charge is -2.26. The lowest BCUT2D eigenvalue weighted by molar-refractivity contribution is 0.0384. The number of carbonyl (C=O) groups is 1. The molecule has 0 aliphatic rings.